The van der Waals surface area contributed by atoms with Crippen molar-refractivity contribution < 1.29 is 4.74 Å². The van der Waals surface area contributed by atoms with Crippen molar-refractivity contribution in [2.45, 2.75) is 12.8 Å². The maximum atomic E-state index is 5.69. The number of ether oxygens (including phenoxy) is 1. The Kier molecular flexibility index (Phi) is 3.90. The predicted molar refractivity (Wildman–Crippen MR) is 103 cm³/mol. The molecule has 0 saturated heterocycles. The largest absolute Gasteiger partial charge is 0.492 e. The normalized spacial score (nSPS) is 12.4. The van der Waals surface area contributed by atoms with Crippen molar-refractivity contribution in [1.82, 2.24) is 25.1 Å². The summed E-state index contributed by atoms with van der Waals surface area (Å²) >= 11 is 0. The van der Waals surface area contributed by atoms with Crippen molar-refractivity contribution in [3.63, 3.8) is 0 Å². The molecular weight excluding hydrogens is 340 g/mol. The second-order valence-corrected chi connectivity index (χ2v) is 6.43. The van der Waals surface area contributed by atoms with Crippen LogP contribution in [0.4, 0.5) is 5.95 Å². The molecule has 0 bridgehead atoms. The summed E-state index contributed by atoms with van der Waals surface area (Å²) in [5, 5.41) is 11.3. The Morgan fingerprint density at radius 3 is 2.89 bits per heavy atom. The Bertz CT molecular complexity index is 1090. The summed E-state index contributed by atoms with van der Waals surface area (Å²) < 4.78 is 5.69. The van der Waals surface area contributed by atoms with E-state index < -0.39 is 0 Å². The van der Waals surface area contributed by atoms with Crippen LogP contribution in [0.15, 0.2) is 48.9 Å². The van der Waals surface area contributed by atoms with Gasteiger partial charge in [0.25, 0.3) is 0 Å². The molecular formula is C20H18N6O. The number of anilines is 1. The predicted octanol–water partition coefficient (Wildman–Crippen LogP) is 3.00. The van der Waals surface area contributed by atoms with Crippen LogP contribution in [0.2, 0.25) is 0 Å². The molecule has 27 heavy (non-hydrogen) atoms. The van der Waals surface area contributed by atoms with Crippen LogP contribution in [-0.4, -0.2) is 38.3 Å². The third kappa shape index (κ3) is 2.97. The average Bonchev–Trinajstić information content (AvgIpc) is 3.20. The number of H-pyrrole nitrogens is 1. The Morgan fingerprint density at radius 2 is 1.96 bits per heavy atom. The summed E-state index contributed by atoms with van der Waals surface area (Å²) in [6.07, 6.45) is 7.44. The van der Waals surface area contributed by atoms with Crippen molar-refractivity contribution in [3.05, 3.63) is 60.2 Å². The number of benzene rings is 1. The summed E-state index contributed by atoms with van der Waals surface area (Å²) in [6, 6.07) is 9.77. The molecule has 0 fully saturated rings. The number of rotatable bonds is 5. The molecule has 5 rings (SSSR count). The van der Waals surface area contributed by atoms with E-state index in [-0.39, 0.29) is 0 Å². The molecule has 4 aromatic rings. The SMILES string of the molecule is c1ccc(OCCNc2ncc3c(n2)CCc2cnc4[nH]ncc4c2-3)cc1. The van der Waals surface area contributed by atoms with Crippen LogP contribution < -0.4 is 10.1 Å². The third-order valence-corrected chi connectivity index (χ3v) is 4.72. The van der Waals surface area contributed by atoms with Crippen LogP contribution >= 0.6 is 0 Å². The molecule has 1 aromatic carbocycles. The minimum absolute atomic E-state index is 0.550. The number of aryl methyl sites for hydroxylation is 2. The van der Waals surface area contributed by atoms with Gasteiger partial charge in [0.1, 0.15) is 12.4 Å². The molecule has 0 radical (unpaired) electrons. The first-order valence-corrected chi connectivity index (χ1v) is 8.97. The van der Waals surface area contributed by atoms with Crippen LogP contribution in [-0.2, 0) is 12.8 Å². The van der Waals surface area contributed by atoms with Crippen molar-refractivity contribution >= 4 is 17.0 Å². The molecule has 0 aliphatic heterocycles. The monoisotopic (exact) mass is 358 g/mol. The molecule has 0 amide bonds. The fourth-order valence-corrected chi connectivity index (χ4v) is 3.45. The van der Waals surface area contributed by atoms with E-state index in [4.69, 9.17) is 9.72 Å². The van der Waals surface area contributed by atoms with Crippen LogP contribution in [0.3, 0.4) is 0 Å². The zero-order valence-corrected chi connectivity index (χ0v) is 14.6. The van der Waals surface area contributed by atoms with Crippen LogP contribution in [0.5, 0.6) is 5.75 Å². The highest BCUT2D eigenvalue weighted by Crippen LogP contribution is 2.36. The van der Waals surface area contributed by atoms with Crippen molar-refractivity contribution in [2.75, 3.05) is 18.5 Å². The lowest BCUT2D eigenvalue weighted by Crippen LogP contribution is -2.15. The highest BCUT2D eigenvalue weighted by atomic mass is 16.5. The number of nitrogens with one attached hydrogen (secondary N) is 2. The van der Waals surface area contributed by atoms with E-state index >= 15 is 0 Å². The summed E-state index contributed by atoms with van der Waals surface area (Å²) in [5.74, 6) is 1.49. The lowest BCUT2D eigenvalue weighted by Gasteiger charge is -2.19. The summed E-state index contributed by atoms with van der Waals surface area (Å²) in [4.78, 5) is 13.7. The number of fused-ring (bicyclic) bond motifs is 5. The third-order valence-electron chi connectivity index (χ3n) is 4.72. The van der Waals surface area contributed by atoms with E-state index in [1.807, 2.05) is 48.9 Å². The Hall–Kier alpha value is -3.48. The Labute approximate surface area is 155 Å². The molecule has 0 saturated carbocycles. The molecule has 134 valence electrons. The van der Waals surface area contributed by atoms with E-state index in [0.717, 1.165) is 46.4 Å². The van der Waals surface area contributed by atoms with Gasteiger partial charge in [0.05, 0.1) is 18.4 Å². The molecule has 2 N–H and O–H groups in total. The van der Waals surface area contributed by atoms with Gasteiger partial charge in [-0.1, -0.05) is 18.2 Å². The van der Waals surface area contributed by atoms with Gasteiger partial charge in [-0.3, -0.25) is 5.10 Å². The summed E-state index contributed by atoms with van der Waals surface area (Å²) in [7, 11) is 0. The van der Waals surface area contributed by atoms with Crippen LogP contribution in [0.1, 0.15) is 11.3 Å². The number of hydrogen-bond acceptors (Lipinski definition) is 6. The maximum Gasteiger partial charge on any atom is 0.223 e. The molecule has 1 aliphatic rings. The number of aromatic nitrogens is 5. The minimum atomic E-state index is 0.550. The van der Waals surface area contributed by atoms with Gasteiger partial charge in [-0.15, -0.1) is 0 Å². The standard InChI is InChI=1S/C20H18N6O/c1-2-4-14(5-3-1)27-9-8-21-20-23-11-15-17(25-20)7-6-13-10-22-19-16(18(13)15)12-24-26-19/h1-5,10-12H,6-9H2,(H,21,23,25)(H,22,24,26). The van der Waals surface area contributed by atoms with E-state index in [2.05, 4.69) is 25.5 Å². The number of aromatic amines is 1. The van der Waals surface area contributed by atoms with Crippen LogP contribution in [0.25, 0.3) is 22.2 Å². The number of para-hydroxylation sites is 1. The smallest absolute Gasteiger partial charge is 0.223 e. The van der Waals surface area contributed by atoms with E-state index in [0.29, 0.717) is 19.1 Å². The second kappa shape index (κ2) is 6.68. The van der Waals surface area contributed by atoms with Gasteiger partial charge in [-0.25, -0.2) is 15.0 Å². The van der Waals surface area contributed by atoms with E-state index in [9.17, 15) is 0 Å². The average molecular weight is 358 g/mol. The quantitative estimate of drug-likeness (QED) is 0.533. The Balaban J connectivity index is 1.33. The number of pyridine rings is 1. The van der Waals surface area contributed by atoms with Gasteiger partial charge in [-0.05, 0) is 30.5 Å². The van der Waals surface area contributed by atoms with Gasteiger partial charge in [0.15, 0.2) is 5.65 Å². The first kappa shape index (κ1) is 15.7. The first-order valence-electron chi connectivity index (χ1n) is 8.97. The first-order chi connectivity index (χ1) is 13.4. The molecule has 3 heterocycles. The van der Waals surface area contributed by atoms with Gasteiger partial charge < -0.3 is 10.1 Å². The minimum Gasteiger partial charge on any atom is -0.492 e. The molecule has 7 heteroatoms. The van der Waals surface area contributed by atoms with Crippen molar-refractivity contribution in [1.29, 1.82) is 0 Å². The van der Waals surface area contributed by atoms with E-state index in [1.54, 1.807) is 0 Å². The zero-order valence-electron chi connectivity index (χ0n) is 14.6. The number of nitrogens with zero attached hydrogens (tertiary/aromatic N) is 4. The number of hydrogen-bond donors (Lipinski definition) is 2. The molecule has 0 unspecified atom stereocenters. The lowest BCUT2D eigenvalue weighted by atomic mass is 9.89. The Morgan fingerprint density at radius 1 is 1.04 bits per heavy atom. The fraction of sp³-hybridized carbons (Fsp3) is 0.200. The van der Waals surface area contributed by atoms with E-state index in [1.165, 1.54) is 5.56 Å². The summed E-state index contributed by atoms with van der Waals surface area (Å²) in [6.45, 7) is 1.19. The topological polar surface area (TPSA) is 88.6 Å². The van der Waals surface area contributed by atoms with Crippen molar-refractivity contribution in [2.24, 2.45) is 0 Å². The molecule has 0 spiro atoms. The van der Waals surface area contributed by atoms with Gasteiger partial charge >= 0.3 is 0 Å². The van der Waals surface area contributed by atoms with Crippen LogP contribution in [0, 0.1) is 0 Å². The highest BCUT2D eigenvalue weighted by molar-refractivity contribution is 5.95. The summed E-state index contributed by atoms with van der Waals surface area (Å²) in [5.41, 5.74) is 5.28. The van der Waals surface area contributed by atoms with Gasteiger partial charge in [-0.2, -0.15) is 5.10 Å². The fourth-order valence-electron chi connectivity index (χ4n) is 3.45. The van der Waals surface area contributed by atoms with Gasteiger partial charge in [0.2, 0.25) is 5.95 Å². The second-order valence-electron chi connectivity index (χ2n) is 6.43. The molecule has 0 atom stereocenters. The highest BCUT2D eigenvalue weighted by Gasteiger charge is 2.21. The van der Waals surface area contributed by atoms with Crippen molar-refractivity contribution in [3.8, 4) is 16.9 Å². The maximum absolute atomic E-state index is 5.69. The molecule has 1 aliphatic carbocycles. The lowest BCUT2D eigenvalue weighted by molar-refractivity contribution is 0.332. The zero-order chi connectivity index (χ0) is 18.1. The molecule has 7 nitrogen and oxygen atoms in total. The molecule has 3 aromatic heterocycles. The van der Waals surface area contributed by atoms with Gasteiger partial charge in [0, 0.05) is 28.9 Å².